The van der Waals surface area contributed by atoms with Gasteiger partial charge in [-0.25, -0.2) is 0 Å². The van der Waals surface area contributed by atoms with Gasteiger partial charge in [-0.05, 0) is 45.8 Å². The second-order valence-corrected chi connectivity index (χ2v) is 8.66. The molecule has 7 nitrogen and oxygen atoms in total. The minimum absolute atomic E-state index is 0.0779. The van der Waals surface area contributed by atoms with Gasteiger partial charge in [-0.3, -0.25) is 14.5 Å². The first kappa shape index (κ1) is 20.6. The molecule has 0 aromatic carbocycles. The normalized spacial score (nSPS) is 28.6. The van der Waals surface area contributed by atoms with Gasteiger partial charge in [0.05, 0.1) is 13.2 Å². The number of nitrogens with zero attached hydrogens (tertiary/aromatic N) is 4. The number of carbonyl (C=O) groups excluding carboxylic acids is 2. The summed E-state index contributed by atoms with van der Waals surface area (Å²) in [4.78, 5) is 33.9. The van der Waals surface area contributed by atoms with Crippen molar-refractivity contribution in [1.29, 1.82) is 0 Å². The molecule has 3 aliphatic rings. The molecule has 3 fully saturated rings. The van der Waals surface area contributed by atoms with Crippen LogP contribution in [0.3, 0.4) is 0 Å². The van der Waals surface area contributed by atoms with E-state index in [1.807, 2.05) is 4.90 Å². The first-order valence-corrected chi connectivity index (χ1v) is 10.5. The summed E-state index contributed by atoms with van der Waals surface area (Å²) in [6.07, 6.45) is 4.80. The van der Waals surface area contributed by atoms with Crippen LogP contribution < -0.4 is 0 Å². The summed E-state index contributed by atoms with van der Waals surface area (Å²) in [5.41, 5.74) is 0.0779. The zero-order valence-corrected chi connectivity index (χ0v) is 17.1. The first-order valence-electron chi connectivity index (χ1n) is 10.5. The molecule has 2 amide bonds. The van der Waals surface area contributed by atoms with Crippen molar-refractivity contribution < 1.29 is 14.3 Å². The van der Waals surface area contributed by atoms with Crippen LogP contribution >= 0.6 is 0 Å². The Morgan fingerprint density at radius 1 is 1.07 bits per heavy atom. The van der Waals surface area contributed by atoms with Crippen LogP contribution in [0.5, 0.6) is 0 Å². The third kappa shape index (κ3) is 5.42. The van der Waals surface area contributed by atoms with Gasteiger partial charge >= 0.3 is 0 Å². The molecule has 3 aliphatic heterocycles. The molecule has 7 heteroatoms. The van der Waals surface area contributed by atoms with Crippen molar-refractivity contribution in [2.24, 2.45) is 5.41 Å². The van der Waals surface area contributed by atoms with Crippen molar-refractivity contribution in [2.45, 2.75) is 32.1 Å². The van der Waals surface area contributed by atoms with E-state index in [2.05, 4.69) is 21.7 Å². The van der Waals surface area contributed by atoms with Gasteiger partial charge in [-0.15, -0.1) is 0 Å². The van der Waals surface area contributed by atoms with Gasteiger partial charge in [-0.2, -0.15) is 0 Å². The Balaban J connectivity index is 1.56. The molecule has 3 heterocycles. The van der Waals surface area contributed by atoms with Gasteiger partial charge in [0.2, 0.25) is 11.8 Å². The molecule has 1 spiro atoms. The average molecular weight is 381 g/mol. The highest BCUT2D eigenvalue weighted by atomic mass is 16.5. The van der Waals surface area contributed by atoms with E-state index in [4.69, 9.17) is 4.74 Å². The van der Waals surface area contributed by atoms with Crippen molar-refractivity contribution in [3.8, 4) is 0 Å². The largest absolute Gasteiger partial charge is 0.383 e. The van der Waals surface area contributed by atoms with E-state index >= 15 is 0 Å². The predicted molar refractivity (Wildman–Crippen MR) is 104 cm³/mol. The van der Waals surface area contributed by atoms with Crippen LogP contribution in [-0.4, -0.2) is 111 Å². The zero-order valence-electron chi connectivity index (χ0n) is 17.1. The predicted octanol–water partition coefficient (Wildman–Crippen LogP) is 0.502. The van der Waals surface area contributed by atoms with Crippen molar-refractivity contribution in [3.63, 3.8) is 0 Å². The fraction of sp³-hybridized carbons (Fsp3) is 0.900. The van der Waals surface area contributed by atoms with Crippen molar-refractivity contribution in [3.05, 3.63) is 0 Å². The van der Waals surface area contributed by atoms with Crippen molar-refractivity contribution in [2.75, 3.05) is 79.7 Å². The molecule has 0 bridgehead atoms. The lowest BCUT2D eigenvalue weighted by molar-refractivity contribution is -0.144. The number of likely N-dealkylation sites (N-methyl/N-ethyl adjacent to an activating group) is 1. The van der Waals surface area contributed by atoms with Crippen LogP contribution in [0, 0.1) is 5.41 Å². The Hall–Kier alpha value is -1.18. The summed E-state index contributed by atoms with van der Waals surface area (Å²) in [6, 6.07) is 0. The van der Waals surface area contributed by atoms with Crippen LogP contribution in [0.25, 0.3) is 0 Å². The maximum atomic E-state index is 13.0. The SMILES string of the molecule is COCCN1C[C@@]2(CCCN(C(=O)CN3CCCN(C)CC3)C2)CCC1=O. The van der Waals surface area contributed by atoms with Crippen LogP contribution in [0.4, 0.5) is 0 Å². The minimum Gasteiger partial charge on any atom is -0.383 e. The van der Waals surface area contributed by atoms with Gasteiger partial charge in [0.1, 0.15) is 0 Å². The fourth-order valence-corrected chi connectivity index (χ4v) is 4.81. The molecule has 0 saturated carbocycles. The number of carbonyl (C=O) groups is 2. The maximum Gasteiger partial charge on any atom is 0.236 e. The molecule has 3 rings (SSSR count). The molecule has 3 saturated heterocycles. The second kappa shape index (κ2) is 9.34. The van der Waals surface area contributed by atoms with Crippen LogP contribution in [0.2, 0.25) is 0 Å². The Kier molecular flexibility index (Phi) is 7.11. The summed E-state index contributed by atoms with van der Waals surface area (Å²) < 4.78 is 5.16. The van der Waals surface area contributed by atoms with E-state index in [1.54, 1.807) is 7.11 Å². The lowest BCUT2D eigenvalue weighted by Gasteiger charge is -2.48. The summed E-state index contributed by atoms with van der Waals surface area (Å²) in [6.45, 7) is 8.34. The maximum absolute atomic E-state index is 13.0. The minimum atomic E-state index is 0.0779. The summed E-state index contributed by atoms with van der Waals surface area (Å²) >= 11 is 0. The Morgan fingerprint density at radius 3 is 2.74 bits per heavy atom. The number of amides is 2. The van der Waals surface area contributed by atoms with Crippen LogP contribution in [0.15, 0.2) is 0 Å². The molecular formula is C20H36N4O3. The Labute approximate surface area is 163 Å². The van der Waals surface area contributed by atoms with E-state index in [0.29, 0.717) is 26.1 Å². The number of hydrogen-bond acceptors (Lipinski definition) is 5. The first-order chi connectivity index (χ1) is 13.0. The van der Waals surface area contributed by atoms with Crippen LogP contribution in [-0.2, 0) is 14.3 Å². The van der Waals surface area contributed by atoms with E-state index < -0.39 is 0 Å². The van der Waals surface area contributed by atoms with Gasteiger partial charge in [0.15, 0.2) is 0 Å². The molecule has 0 aromatic rings. The third-order valence-corrected chi connectivity index (χ3v) is 6.50. The van der Waals surface area contributed by atoms with Gasteiger partial charge in [-0.1, -0.05) is 0 Å². The van der Waals surface area contributed by atoms with E-state index in [-0.39, 0.29) is 17.2 Å². The average Bonchev–Trinajstić information content (AvgIpc) is 2.87. The molecule has 27 heavy (non-hydrogen) atoms. The molecule has 0 unspecified atom stereocenters. The van der Waals surface area contributed by atoms with Crippen molar-refractivity contribution in [1.82, 2.24) is 19.6 Å². The topological polar surface area (TPSA) is 56.3 Å². The molecule has 0 aliphatic carbocycles. The lowest BCUT2D eigenvalue weighted by atomic mass is 9.73. The second-order valence-electron chi connectivity index (χ2n) is 8.66. The molecule has 154 valence electrons. The van der Waals surface area contributed by atoms with Gasteiger partial charge in [0, 0.05) is 58.2 Å². The molecule has 0 aromatic heterocycles. The number of methoxy groups -OCH3 is 1. The number of ether oxygens (including phenoxy) is 1. The molecule has 0 radical (unpaired) electrons. The Bertz CT molecular complexity index is 529. The molecule has 1 atom stereocenters. The summed E-state index contributed by atoms with van der Waals surface area (Å²) in [5.74, 6) is 0.494. The zero-order chi connectivity index (χ0) is 19.3. The third-order valence-electron chi connectivity index (χ3n) is 6.50. The highest BCUT2D eigenvalue weighted by Crippen LogP contribution is 2.38. The smallest absolute Gasteiger partial charge is 0.236 e. The van der Waals surface area contributed by atoms with Crippen molar-refractivity contribution >= 4 is 11.8 Å². The van der Waals surface area contributed by atoms with Crippen LogP contribution in [0.1, 0.15) is 32.1 Å². The Morgan fingerprint density at radius 2 is 1.93 bits per heavy atom. The number of likely N-dealkylation sites (tertiary alicyclic amines) is 2. The van der Waals surface area contributed by atoms with E-state index in [1.165, 1.54) is 0 Å². The summed E-state index contributed by atoms with van der Waals surface area (Å²) in [7, 11) is 3.82. The fourth-order valence-electron chi connectivity index (χ4n) is 4.81. The highest BCUT2D eigenvalue weighted by Gasteiger charge is 2.42. The monoisotopic (exact) mass is 380 g/mol. The van der Waals surface area contributed by atoms with Gasteiger partial charge < -0.3 is 19.4 Å². The number of rotatable bonds is 5. The van der Waals surface area contributed by atoms with E-state index in [0.717, 1.165) is 71.5 Å². The quantitative estimate of drug-likeness (QED) is 0.695. The van der Waals surface area contributed by atoms with Gasteiger partial charge in [0.25, 0.3) is 0 Å². The van der Waals surface area contributed by atoms with E-state index in [9.17, 15) is 9.59 Å². The lowest BCUT2D eigenvalue weighted by Crippen LogP contribution is -2.56. The highest BCUT2D eigenvalue weighted by molar-refractivity contribution is 5.79. The number of piperidine rings is 2. The molecular weight excluding hydrogens is 344 g/mol. The number of hydrogen-bond donors (Lipinski definition) is 0. The summed E-state index contributed by atoms with van der Waals surface area (Å²) in [5, 5.41) is 0. The standard InChI is InChI=1S/C20H36N4O3/c1-21-8-4-9-22(12-11-21)15-19(26)23-10-3-6-20(16-23)7-5-18(25)24(17-20)13-14-27-2/h3-17H2,1-2H3/t20-/m0/s1. The molecule has 0 N–H and O–H groups in total.